The third kappa shape index (κ3) is 5.06. The molecule has 0 radical (unpaired) electrons. The summed E-state index contributed by atoms with van der Waals surface area (Å²) in [5, 5.41) is 0. The van der Waals surface area contributed by atoms with Crippen molar-refractivity contribution in [3.05, 3.63) is 23.8 Å². The molecule has 0 saturated heterocycles. The highest BCUT2D eigenvalue weighted by molar-refractivity contribution is 7.85. The maximum absolute atomic E-state index is 10.7. The van der Waals surface area contributed by atoms with Crippen molar-refractivity contribution in [1.82, 2.24) is 0 Å². The van der Waals surface area contributed by atoms with E-state index < -0.39 is 10.1 Å². The van der Waals surface area contributed by atoms with Crippen molar-refractivity contribution in [2.24, 2.45) is 5.73 Å². The van der Waals surface area contributed by atoms with Gasteiger partial charge in [-0.1, -0.05) is 12.1 Å². The predicted octanol–water partition coefficient (Wildman–Crippen LogP) is 0.851. The molecule has 1 rings (SSSR count). The molecular weight excluding hydrogens is 270 g/mol. The minimum atomic E-state index is -3.98. The summed E-state index contributed by atoms with van der Waals surface area (Å²) in [7, 11) is -0.902. The Kier molecular flexibility index (Phi) is 5.59. The SMILES string of the molecule is COc1cccc(CC(N)CCS(=O)(=O)O)c1OC. The highest BCUT2D eigenvalue weighted by atomic mass is 32.2. The average Bonchev–Trinajstić information content (AvgIpc) is 2.35. The summed E-state index contributed by atoms with van der Waals surface area (Å²) in [4.78, 5) is 0. The van der Waals surface area contributed by atoms with E-state index in [1.54, 1.807) is 13.2 Å². The quantitative estimate of drug-likeness (QED) is 0.722. The van der Waals surface area contributed by atoms with Crippen molar-refractivity contribution in [2.75, 3.05) is 20.0 Å². The molecule has 0 bridgehead atoms. The van der Waals surface area contributed by atoms with Crippen LogP contribution >= 0.6 is 0 Å². The molecule has 0 aliphatic heterocycles. The second kappa shape index (κ2) is 6.74. The van der Waals surface area contributed by atoms with Crippen LogP contribution in [0.4, 0.5) is 0 Å². The van der Waals surface area contributed by atoms with Crippen LogP contribution in [0, 0.1) is 0 Å². The van der Waals surface area contributed by atoms with Gasteiger partial charge in [-0.3, -0.25) is 4.55 Å². The zero-order valence-electron chi connectivity index (χ0n) is 11.0. The lowest BCUT2D eigenvalue weighted by atomic mass is 10.0. The van der Waals surface area contributed by atoms with Gasteiger partial charge in [0.15, 0.2) is 11.5 Å². The number of nitrogens with two attached hydrogens (primary N) is 1. The van der Waals surface area contributed by atoms with Gasteiger partial charge in [0.2, 0.25) is 0 Å². The van der Waals surface area contributed by atoms with E-state index in [1.165, 1.54) is 7.11 Å². The van der Waals surface area contributed by atoms with Crippen LogP contribution in [0.2, 0.25) is 0 Å². The molecule has 0 saturated carbocycles. The van der Waals surface area contributed by atoms with E-state index in [1.807, 2.05) is 12.1 Å². The molecule has 0 fully saturated rings. The maximum atomic E-state index is 10.7. The highest BCUT2D eigenvalue weighted by Gasteiger charge is 2.15. The zero-order valence-corrected chi connectivity index (χ0v) is 11.8. The van der Waals surface area contributed by atoms with Crippen molar-refractivity contribution in [3.63, 3.8) is 0 Å². The fraction of sp³-hybridized carbons (Fsp3) is 0.500. The van der Waals surface area contributed by atoms with Crippen LogP contribution in [-0.4, -0.2) is 39.0 Å². The number of hydrogen-bond acceptors (Lipinski definition) is 5. The molecule has 1 unspecified atom stereocenters. The summed E-state index contributed by atoms with van der Waals surface area (Å²) in [5.74, 6) is 0.842. The molecule has 0 aromatic heterocycles. The molecule has 0 heterocycles. The van der Waals surface area contributed by atoms with Gasteiger partial charge in [0.1, 0.15) is 0 Å². The third-order valence-electron chi connectivity index (χ3n) is 2.71. The standard InChI is InChI=1S/C12H19NO5S/c1-17-11-5-3-4-9(12(11)18-2)8-10(13)6-7-19(14,15)16/h3-5,10H,6-8,13H2,1-2H3,(H,14,15,16). The minimum Gasteiger partial charge on any atom is -0.493 e. The Morgan fingerprint density at radius 3 is 2.53 bits per heavy atom. The first-order valence-corrected chi connectivity index (χ1v) is 7.39. The van der Waals surface area contributed by atoms with E-state index in [4.69, 9.17) is 19.8 Å². The first-order valence-electron chi connectivity index (χ1n) is 5.78. The Bertz CT molecular complexity index is 515. The van der Waals surface area contributed by atoms with Gasteiger partial charge in [0.05, 0.1) is 20.0 Å². The normalized spacial score (nSPS) is 13.1. The van der Waals surface area contributed by atoms with E-state index in [0.29, 0.717) is 17.9 Å². The molecule has 1 aromatic rings. The maximum Gasteiger partial charge on any atom is 0.264 e. The molecule has 19 heavy (non-hydrogen) atoms. The average molecular weight is 289 g/mol. The lowest BCUT2D eigenvalue weighted by molar-refractivity contribution is 0.350. The van der Waals surface area contributed by atoms with Crippen LogP contribution in [0.15, 0.2) is 18.2 Å². The molecule has 0 spiro atoms. The van der Waals surface area contributed by atoms with Gasteiger partial charge in [0, 0.05) is 6.04 Å². The number of benzene rings is 1. The van der Waals surface area contributed by atoms with Crippen molar-refractivity contribution >= 4 is 10.1 Å². The number of para-hydroxylation sites is 1. The van der Waals surface area contributed by atoms with Gasteiger partial charge >= 0.3 is 0 Å². The lowest BCUT2D eigenvalue weighted by Crippen LogP contribution is -2.26. The largest absolute Gasteiger partial charge is 0.493 e. The van der Waals surface area contributed by atoms with Crippen LogP contribution in [0.25, 0.3) is 0 Å². The first kappa shape index (κ1) is 15.7. The van der Waals surface area contributed by atoms with Gasteiger partial charge in [-0.2, -0.15) is 8.42 Å². The predicted molar refractivity (Wildman–Crippen MR) is 72.3 cm³/mol. The van der Waals surface area contributed by atoms with Gasteiger partial charge in [-0.25, -0.2) is 0 Å². The number of methoxy groups -OCH3 is 2. The summed E-state index contributed by atoms with van der Waals surface area (Å²) in [5.41, 5.74) is 6.69. The minimum absolute atomic E-state index is 0.180. The number of rotatable bonds is 7. The molecule has 108 valence electrons. The Morgan fingerprint density at radius 2 is 2.00 bits per heavy atom. The van der Waals surface area contributed by atoms with Crippen molar-refractivity contribution < 1.29 is 22.4 Å². The summed E-state index contributed by atoms with van der Waals surface area (Å²) in [6, 6.07) is 5.04. The molecule has 1 atom stereocenters. The molecular formula is C12H19NO5S. The summed E-state index contributed by atoms with van der Waals surface area (Å²) in [6.07, 6.45) is 0.620. The highest BCUT2D eigenvalue weighted by Crippen LogP contribution is 2.31. The smallest absolute Gasteiger partial charge is 0.264 e. The van der Waals surface area contributed by atoms with E-state index >= 15 is 0 Å². The monoisotopic (exact) mass is 289 g/mol. The first-order chi connectivity index (χ1) is 8.87. The molecule has 0 aliphatic rings. The molecule has 3 N–H and O–H groups in total. The van der Waals surface area contributed by atoms with Crippen LogP contribution < -0.4 is 15.2 Å². The molecule has 0 amide bonds. The molecule has 7 heteroatoms. The zero-order chi connectivity index (χ0) is 14.5. The van der Waals surface area contributed by atoms with Crippen LogP contribution in [0.1, 0.15) is 12.0 Å². The van der Waals surface area contributed by atoms with E-state index in [2.05, 4.69) is 0 Å². The Hall–Kier alpha value is -1.31. The second-order valence-electron chi connectivity index (χ2n) is 4.19. The molecule has 1 aromatic carbocycles. The van der Waals surface area contributed by atoms with E-state index in [9.17, 15) is 8.42 Å². The van der Waals surface area contributed by atoms with E-state index in [0.717, 1.165) is 5.56 Å². The van der Waals surface area contributed by atoms with Crippen molar-refractivity contribution in [3.8, 4) is 11.5 Å². The summed E-state index contributed by atoms with van der Waals surface area (Å²) < 4.78 is 40.5. The van der Waals surface area contributed by atoms with Crippen LogP contribution in [-0.2, 0) is 16.5 Å². The summed E-state index contributed by atoms with van der Waals surface area (Å²) >= 11 is 0. The van der Waals surface area contributed by atoms with Crippen molar-refractivity contribution in [2.45, 2.75) is 18.9 Å². The van der Waals surface area contributed by atoms with Crippen molar-refractivity contribution in [1.29, 1.82) is 0 Å². The van der Waals surface area contributed by atoms with Gasteiger partial charge in [-0.05, 0) is 24.5 Å². The van der Waals surface area contributed by atoms with E-state index in [-0.39, 0.29) is 18.2 Å². The Labute approximate surface area is 113 Å². The molecule has 6 nitrogen and oxygen atoms in total. The third-order valence-corrected chi connectivity index (χ3v) is 3.46. The second-order valence-corrected chi connectivity index (χ2v) is 5.76. The Morgan fingerprint density at radius 1 is 1.32 bits per heavy atom. The topological polar surface area (TPSA) is 98.9 Å². The fourth-order valence-corrected chi connectivity index (χ4v) is 2.40. The Balaban J connectivity index is 2.76. The number of ether oxygens (including phenoxy) is 2. The van der Waals surface area contributed by atoms with Crippen LogP contribution in [0.5, 0.6) is 11.5 Å². The van der Waals surface area contributed by atoms with Gasteiger partial charge < -0.3 is 15.2 Å². The lowest BCUT2D eigenvalue weighted by Gasteiger charge is -2.15. The molecule has 0 aliphatic carbocycles. The fourth-order valence-electron chi connectivity index (χ4n) is 1.80. The van der Waals surface area contributed by atoms with Gasteiger partial charge in [0.25, 0.3) is 10.1 Å². The van der Waals surface area contributed by atoms with Gasteiger partial charge in [-0.15, -0.1) is 0 Å². The number of hydrogen-bond donors (Lipinski definition) is 2. The summed E-state index contributed by atoms with van der Waals surface area (Å²) in [6.45, 7) is 0. The van der Waals surface area contributed by atoms with Crippen LogP contribution in [0.3, 0.4) is 0 Å².